The maximum Gasteiger partial charge on any atom is 0.344 e. The van der Waals surface area contributed by atoms with Gasteiger partial charge in [-0.2, -0.15) is 0 Å². The third kappa shape index (κ3) is 2.30. The molecule has 1 N–H and O–H groups in total. The number of thiol groups is 1. The average molecular weight is 237 g/mol. The minimum Gasteiger partial charge on any atom is -0.479 e. The molecule has 0 bridgehead atoms. The van der Waals surface area contributed by atoms with E-state index in [1.165, 1.54) is 12.1 Å². The van der Waals surface area contributed by atoms with E-state index in [2.05, 4.69) is 12.6 Å². The van der Waals surface area contributed by atoms with Crippen molar-refractivity contribution in [3.8, 4) is 0 Å². The summed E-state index contributed by atoms with van der Waals surface area (Å²) >= 11 is 15.2. The molecule has 1 aromatic carbocycles. The number of hydrogen-bond acceptors (Lipinski definition) is 2. The molecule has 0 fully saturated rings. The van der Waals surface area contributed by atoms with Crippen LogP contribution in [-0.4, -0.2) is 11.1 Å². The molecule has 1 aromatic rings. The largest absolute Gasteiger partial charge is 0.479 e. The fourth-order valence-electron chi connectivity index (χ4n) is 0.794. The van der Waals surface area contributed by atoms with E-state index in [-0.39, 0.29) is 0 Å². The zero-order valence-corrected chi connectivity index (χ0v) is 8.77. The van der Waals surface area contributed by atoms with Crippen LogP contribution in [0, 0.1) is 0 Å². The minimum atomic E-state index is -1.89. The first kappa shape index (κ1) is 10.7. The van der Waals surface area contributed by atoms with E-state index in [4.69, 9.17) is 28.3 Å². The van der Waals surface area contributed by atoms with Crippen molar-refractivity contribution >= 4 is 41.8 Å². The lowest BCUT2D eigenvalue weighted by Gasteiger charge is -2.14. The molecule has 0 saturated carbocycles. The maximum atomic E-state index is 10.6. The summed E-state index contributed by atoms with van der Waals surface area (Å²) in [5.41, 5.74) is 0.320. The van der Waals surface area contributed by atoms with Crippen LogP contribution in [0.15, 0.2) is 29.2 Å². The molecule has 0 aliphatic carbocycles. The van der Waals surface area contributed by atoms with Gasteiger partial charge in [0.25, 0.3) is 0 Å². The fourth-order valence-corrected chi connectivity index (χ4v) is 1.20. The van der Waals surface area contributed by atoms with E-state index < -0.39 is 10.3 Å². The summed E-state index contributed by atoms with van der Waals surface area (Å²) in [5, 5.41) is 8.68. The normalized spacial score (nSPS) is 11.3. The predicted molar refractivity (Wildman–Crippen MR) is 54.7 cm³/mol. The second-order valence-electron chi connectivity index (χ2n) is 2.43. The molecule has 13 heavy (non-hydrogen) atoms. The molecule has 0 atom stereocenters. The maximum absolute atomic E-state index is 10.6. The van der Waals surface area contributed by atoms with Crippen molar-refractivity contribution in [3.63, 3.8) is 0 Å². The Labute approximate surface area is 90.9 Å². The summed E-state index contributed by atoms with van der Waals surface area (Å²) in [7, 11) is 0. The van der Waals surface area contributed by atoms with E-state index in [0.717, 1.165) is 4.90 Å². The van der Waals surface area contributed by atoms with Crippen LogP contribution in [0.3, 0.4) is 0 Å². The Kier molecular flexibility index (Phi) is 3.11. The third-order valence-corrected chi connectivity index (χ3v) is 2.56. The highest BCUT2D eigenvalue weighted by atomic mass is 35.5. The molecule has 0 aliphatic heterocycles. The number of aliphatic carboxylic acids is 1. The van der Waals surface area contributed by atoms with Crippen LogP contribution in [-0.2, 0) is 9.13 Å². The van der Waals surface area contributed by atoms with Crippen LogP contribution in [0.5, 0.6) is 0 Å². The SMILES string of the molecule is O=C(O)C(Cl)(Cl)c1ccc(S)cc1. The van der Waals surface area contributed by atoms with Gasteiger partial charge in [-0.15, -0.1) is 12.6 Å². The molecule has 2 nitrogen and oxygen atoms in total. The van der Waals surface area contributed by atoms with Gasteiger partial charge in [0.15, 0.2) is 0 Å². The lowest BCUT2D eigenvalue weighted by atomic mass is 10.1. The Morgan fingerprint density at radius 3 is 2.15 bits per heavy atom. The first-order valence-corrected chi connectivity index (χ1v) is 4.55. The molecule has 0 aromatic heterocycles. The fraction of sp³-hybridized carbons (Fsp3) is 0.125. The molecule has 0 radical (unpaired) electrons. The Bertz CT molecular complexity index is 321. The highest BCUT2D eigenvalue weighted by Crippen LogP contribution is 2.34. The minimum absolute atomic E-state index is 0.320. The molecule has 0 spiro atoms. The zero-order valence-electron chi connectivity index (χ0n) is 6.37. The van der Waals surface area contributed by atoms with Gasteiger partial charge in [0.2, 0.25) is 4.33 Å². The van der Waals surface area contributed by atoms with Crippen LogP contribution in [0.4, 0.5) is 0 Å². The van der Waals surface area contributed by atoms with Gasteiger partial charge in [-0.1, -0.05) is 35.3 Å². The molecule has 0 amide bonds. The summed E-state index contributed by atoms with van der Waals surface area (Å²) in [4.78, 5) is 11.3. The van der Waals surface area contributed by atoms with Crippen molar-refractivity contribution in [2.24, 2.45) is 0 Å². The quantitative estimate of drug-likeness (QED) is 0.613. The van der Waals surface area contributed by atoms with Crippen molar-refractivity contribution < 1.29 is 9.90 Å². The van der Waals surface area contributed by atoms with Gasteiger partial charge in [0.1, 0.15) is 0 Å². The molecule has 1 rings (SSSR count). The van der Waals surface area contributed by atoms with Crippen molar-refractivity contribution in [2.75, 3.05) is 0 Å². The number of carboxylic acid groups (broad SMARTS) is 1. The van der Waals surface area contributed by atoms with Crippen molar-refractivity contribution in [3.05, 3.63) is 29.8 Å². The molecule has 5 heteroatoms. The van der Waals surface area contributed by atoms with Crippen molar-refractivity contribution in [2.45, 2.75) is 9.23 Å². The van der Waals surface area contributed by atoms with E-state index in [1.807, 2.05) is 0 Å². The Morgan fingerprint density at radius 1 is 1.31 bits per heavy atom. The molecule has 70 valence electrons. The van der Waals surface area contributed by atoms with E-state index in [0.29, 0.717) is 5.56 Å². The number of benzene rings is 1. The number of alkyl halides is 2. The molecule has 0 heterocycles. The number of carboxylic acids is 1. The van der Waals surface area contributed by atoms with Crippen LogP contribution < -0.4 is 0 Å². The lowest BCUT2D eigenvalue weighted by Crippen LogP contribution is -2.22. The highest BCUT2D eigenvalue weighted by molar-refractivity contribution is 7.80. The number of rotatable bonds is 2. The summed E-state index contributed by atoms with van der Waals surface area (Å²) in [6.07, 6.45) is 0. The zero-order chi connectivity index (χ0) is 10.1. The van der Waals surface area contributed by atoms with E-state index >= 15 is 0 Å². The summed E-state index contributed by atoms with van der Waals surface area (Å²) < 4.78 is -1.89. The smallest absolute Gasteiger partial charge is 0.344 e. The van der Waals surface area contributed by atoms with Gasteiger partial charge in [-0.05, 0) is 17.7 Å². The Hall–Kier alpha value is -0.380. The molecular weight excluding hydrogens is 231 g/mol. The predicted octanol–water partition coefficient (Wildman–Crippen LogP) is 2.69. The second kappa shape index (κ2) is 3.78. The van der Waals surface area contributed by atoms with Crippen molar-refractivity contribution in [1.29, 1.82) is 0 Å². The van der Waals surface area contributed by atoms with Gasteiger partial charge < -0.3 is 5.11 Å². The number of hydrogen-bond donors (Lipinski definition) is 2. The molecule has 0 aliphatic rings. The van der Waals surface area contributed by atoms with Crippen LogP contribution in [0.25, 0.3) is 0 Å². The van der Waals surface area contributed by atoms with Gasteiger partial charge >= 0.3 is 5.97 Å². The molecule has 0 unspecified atom stereocenters. The molecule has 0 saturated heterocycles. The van der Waals surface area contributed by atoms with Crippen molar-refractivity contribution in [1.82, 2.24) is 0 Å². The Morgan fingerprint density at radius 2 is 1.77 bits per heavy atom. The van der Waals surface area contributed by atoms with E-state index in [1.54, 1.807) is 12.1 Å². The summed E-state index contributed by atoms with van der Waals surface area (Å²) in [5.74, 6) is -1.29. The number of halogens is 2. The van der Waals surface area contributed by atoms with Crippen LogP contribution >= 0.6 is 35.8 Å². The first-order valence-electron chi connectivity index (χ1n) is 3.35. The van der Waals surface area contributed by atoms with Gasteiger partial charge in [-0.3, -0.25) is 0 Å². The van der Waals surface area contributed by atoms with E-state index in [9.17, 15) is 4.79 Å². The van der Waals surface area contributed by atoms with Crippen LogP contribution in [0.2, 0.25) is 0 Å². The topological polar surface area (TPSA) is 37.3 Å². The standard InChI is InChI=1S/C8H6Cl2O2S/c9-8(10,7(11)12)5-1-3-6(13)4-2-5/h1-4,13H,(H,11,12). The molecular formula is C8H6Cl2O2S. The monoisotopic (exact) mass is 236 g/mol. The lowest BCUT2D eigenvalue weighted by molar-refractivity contribution is -0.138. The third-order valence-electron chi connectivity index (χ3n) is 1.50. The Balaban J connectivity index is 3.08. The summed E-state index contributed by atoms with van der Waals surface area (Å²) in [6, 6.07) is 6.30. The van der Waals surface area contributed by atoms with Crippen LogP contribution in [0.1, 0.15) is 5.56 Å². The average Bonchev–Trinajstić information content (AvgIpc) is 2.04. The van der Waals surface area contributed by atoms with Gasteiger partial charge in [0, 0.05) is 4.90 Å². The second-order valence-corrected chi connectivity index (χ2v) is 4.27. The van der Waals surface area contributed by atoms with Gasteiger partial charge in [-0.25, -0.2) is 4.79 Å². The number of carbonyl (C=O) groups is 1. The van der Waals surface area contributed by atoms with Gasteiger partial charge in [0.05, 0.1) is 0 Å². The highest BCUT2D eigenvalue weighted by Gasteiger charge is 2.35. The first-order chi connectivity index (χ1) is 5.94. The summed E-state index contributed by atoms with van der Waals surface area (Å²) in [6.45, 7) is 0.